The van der Waals surface area contributed by atoms with Crippen molar-refractivity contribution in [2.24, 2.45) is 7.05 Å². The largest absolute Gasteiger partial charge is 0.354 e. The number of nitrogens with zero attached hydrogens (tertiary/aromatic N) is 6. The third-order valence-electron chi connectivity index (χ3n) is 2.25. The summed E-state index contributed by atoms with van der Waals surface area (Å²) in [6.07, 6.45) is 2.34. The van der Waals surface area contributed by atoms with Crippen LogP contribution in [0.3, 0.4) is 0 Å². The molecule has 7 nitrogen and oxygen atoms in total. The molecule has 7 heteroatoms. The smallest absolute Gasteiger partial charge is 0.224 e. The first-order valence-electron chi connectivity index (χ1n) is 5.51. The van der Waals surface area contributed by atoms with Gasteiger partial charge < -0.3 is 5.32 Å². The minimum absolute atomic E-state index is 0.362. The molecule has 1 N–H and O–H groups in total. The highest BCUT2D eigenvalue weighted by molar-refractivity contribution is 5.32. The summed E-state index contributed by atoms with van der Waals surface area (Å²) >= 11 is 0. The van der Waals surface area contributed by atoms with Crippen molar-refractivity contribution in [2.45, 2.75) is 13.3 Å². The number of aromatic nitrogens is 5. The third-order valence-corrected chi connectivity index (χ3v) is 2.25. The zero-order chi connectivity index (χ0) is 13.0. The van der Waals surface area contributed by atoms with Gasteiger partial charge in [0.15, 0.2) is 5.82 Å². The average molecular weight is 243 g/mol. The molecular formula is C11H13N7. The van der Waals surface area contributed by atoms with E-state index in [2.05, 4.69) is 25.4 Å². The van der Waals surface area contributed by atoms with Gasteiger partial charge in [0, 0.05) is 25.7 Å². The summed E-state index contributed by atoms with van der Waals surface area (Å²) in [6, 6.07) is 3.64. The zero-order valence-corrected chi connectivity index (χ0v) is 10.3. The molecule has 2 rings (SSSR count). The Hall–Kier alpha value is -2.49. The van der Waals surface area contributed by atoms with Gasteiger partial charge in [0.2, 0.25) is 5.95 Å². The van der Waals surface area contributed by atoms with E-state index in [-0.39, 0.29) is 0 Å². The molecule has 0 spiro atoms. The van der Waals surface area contributed by atoms with Gasteiger partial charge in [0.1, 0.15) is 18.1 Å². The summed E-state index contributed by atoms with van der Waals surface area (Å²) in [5.41, 5.74) is 1.13. The molecule has 0 aliphatic rings. The molecule has 0 radical (unpaired) electrons. The summed E-state index contributed by atoms with van der Waals surface area (Å²) in [5.74, 6) is 1.22. The molecule has 0 atom stereocenters. The van der Waals surface area contributed by atoms with Gasteiger partial charge in [0.25, 0.3) is 0 Å². The molecule has 92 valence electrons. The van der Waals surface area contributed by atoms with E-state index in [9.17, 15) is 0 Å². The SMILES string of the molecule is Cc1cc(C#N)nc(NCCc2ncn(C)n2)n1. The lowest BCUT2D eigenvalue weighted by atomic mass is 10.3. The van der Waals surface area contributed by atoms with Gasteiger partial charge in [0.05, 0.1) is 0 Å². The first-order chi connectivity index (χ1) is 8.67. The van der Waals surface area contributed by atoms with Crippen molar-refractivity contribution < 1.29 is 0 Å². The summed E-state index contributed by atoms with van der Waals surface area (Å²) in [7, 11) is 1.83. The second-order valence-electron chi connectivity index (χ2n) is 3.84. The molecule has 0 saturated heterocycles. The van der Waals surface area contributed by atoms with Gasteiger partial charge in [-0.25, -0.2) is 15.0 Å². The lowest BCUT2D eigenvalue weighted by Gasteiger charge is -2.04. The first kappa shape index (κ1) is 12.0. The van der Waals surface area contributed by atoms with Crippen LogP contribution in [0.2, 0.25) is 0 Å². The van der Waals surface area contributed by atoms with E-state index >= 15 is 0 Å². The molecule has 2 aromatic heterocycles. The van der Waals surface area contributed by atoms with Crippen LogP contribution in [-0.4, -0.2) is 31.3 Å². The minimum Gasteiger partial charge on any atom is -0.354 e. The number of rotatable bonds is 4. The van der Waals surface area contributed by atoms with E-state index in [4.69, 9.17) is 5.26 Å². The Kier molecular flexibility index (Phi) is 3.48. The number of nitrogens with one attached hydrogen (secondary N) is 1. The van der Waals surface area contributed by atoms with Crippen LogP contribution in [0, 0.1) is 18.3 Å². The van der Waals surface area contributed by atoms with E-state index in [1.165, 1.54) is 0 Å². The first-order valence-corrected chi connectivity index (χ1v) is 5.51. The molecule has 0 bridgehead atoms. The highest BCUT2D eigenvalue weighted by Gasteiger charge is 2.02. The molecular weight excluding hydrogens is 230 g/mol. The maximum atomic E-state index is 8.80. The van der Waals surface area contributed by atoms with Gasteiger partial charge in [-0.3, -0.25) is 4.68 Å². The van der Waals surface area contributed by atoms with Crippen molar-refractivity contribution in [3.05, 3.63) is 29.6 Å². The number of hydrogen-bond donors (Lipinski definition) is 1. The predicted octanol–water partition coefficient (Wildman–Crippen LogP) is 0.440. The lowest BCUT2D eigenvalue weighted by molar-refractivity contribution is 0.741. The van der Waals surface area contributed by atoms with E-state index in [0.29, 0.717) is 24.6 Å². The maximum Gasteiger partial charge on any atom is 0.224 e. The van der Waals surface area contributed by atoms with E-state index < -0.39 is 0 Å². The second-order valence-corrected chi connectivity index (χ2v) is 3.84. The van der Waals surface area contributed by atoms with E-state index in [1.54, 1.807) is 17.1 Å². The van der Waals surface area contributed by atoms with Crippen molar-refractivity contribution in [1.29, 1.82) is 5.26 Å². The molecule has 2 heterocycles. The molecule has 0 aliphatic carbocycles. The quantitative estimate of drug-likeness (QED) is 0.837. The van der Waals surface area contributed by atoms with Crippen LogP contribution in [0.15, 0.2) is 12.4 Å². The Labute approximate surface area is 105 Å². The predicted molar refractivity (Wildman–Crippen MR) is 64.7 cm³/mol. The summed E-state index contributed by atoms with van der Waals surface area (Å²) in [4.78, 5) is 12.4. The Morgan fingerprint density at radius 3 is 2.94 bits per heavy atom. The van der Waals surface area contributed by atoms with Gasteiger partial charge >= 0.3 is 0 Å². The van der Waals surface area contributed by atoms with Crippen molar-refractivity contribution in [2.75, 3.05) is 11.9 Å². The standard InChI is InChI=1S/C11H13N7/c1-8-5-9(6-12)16-11(15-8)13-4-3-10-14-7-18(2)17-10/h5,7H,3-4H2,1-2H3,(H,13,15,16). The zero-order valence-electron chi connectivity index (χ0n) is 10.3. The monoisotopic (exact) mass is 243 g/mol. The van der Waals surface area contributed by atoms with Crippen molar-refractivity contribution >= 4 is 5.95 Å². The van der Waals surface area contributed by atoms with Crippen LogP contribution in [0.1, 0.15) is 17.2 Å². The lowest BCUT2D eigenvalue weighted by Crippen LogP contribution is -2.10. The Morgan fingerprint density at radius 1 is 1.44 bits per heavy atom. The van der Waals surface area contributed by atoms with Crippen LogP contribution in [0.25, 0.3) is 0 Å². The third kappa shape index (κ3) is 3.01. The number of anilines is 1. The number of hydrogen-bond acceptors (Lipinski definition) is 6. The molecule has 2 aromatic rings. The van der Waals surface area contributed by atoms with Gasteiger partial charge in [-0.05, 0) is 13.0 Å². The summed E-state index contributed by atoms with van der Waals surface area (Å²) in [6.45, 7) is 2.45. The van der Waals surface area contributed by atoms with Crippen LogP contribution in [-0.2, 0) is 13.5 Å². The average Bonchev–Trinajstić information content (AvgIpc) is 2.74. The molecule has 0 aliphatic heterocycles. The van der Waals surface area contributed by atoms with Crippen LogP contribution in [0.4, 0.5) is 5.95 Å². The fourth-order valence-electron chi connectivity index (χ4n) is 1.49. The van der Waals surface area contributed by atoms with Crippen molar-refractivity contribution in [1.82, 2.24) is 24.7 Å². The van der Waals surface area contributed by atoms with Gasteiger partial charge in [-0.1, -0.05) is 0 Å². The molecule has 18 heavy (non-hydrogen) atoms. The second kappa shape index (κ2) is 5.23. The topological polar surface area (TPSA) is 92.3 Å². The van der Waals surface area contributed by atoms with Crippen LogP contribution in [0.5, 0.6) is 0 Å². The summed E-state index contributed by atoms with van der Waals surface area (Å²) < 4.78 is 1.66. The molecule has 0 aromatic carbocycles. The Bertz CT molecular complexity index is 581. The van der Waals surface area contributed by atoms with E-state index in [1.807, 2.05) is 20.0 Å². The summed E-state index contributed by atoms with van der Waals surface area (Å²) in [5, 5.41) is 16.0. The van der Waals surface area contributed by atoms with Crippen LogP contribution >= 0.6 is 0 Å². The molecule has 0 unspecified atom stereocenters. The van der Waals surface area contributed by atoms with Crippen LogP contribution < -0.4 is 5.32 Å². The van der Waals surface area contributed by atoms with Crippen molar-refractivity contribution in [3.63, 3.8) is 0 Å². The van der Waals surface area contributed by atoms with E-state index in [0.717, 1.165) is 11.5 Å². The normalized spacial score (nSPS) is 10.1. The van der Waals surface area contributed by atoms with Gasteiger partial charge in [-0.15, -0.1) is 0 Å². The molecule has 0 fully saturated rings. The fraction of sp³-hybridized carbons (Fsp3) is 0.364. The number of nitriles is 1. The van der Waals surface area contributed by atoms with Gasteiger partial charge in [-0.2, -0.15) is 10.4 Å². The van der Waals surface area contributed by atoms with Crippen molar-refractivity contribution in [3.8, 4) is 6.07 Å². The minimum atomic E-state index is 0.362. The maximum absolute atomic E-state index is 8.80. The molecule has 0 amide bonds. The fourth-order valence-corrected chi connectivity index (χ4v) is 1.49. The number of aryl methyl sites for hydroxylation is 2. The Balaban J connectivity index is 1.94. The Morgan fingerprint density at radius 2 is 2.28 bits per heavy atom. The highest BCUT2D eigenvalue weighted by Crippen LogP contribution is 2.03. The highest BCUT2D eigenvalue weighted by atomic mass is 15.3. The molecule has 0 saturated carbocycles.